The van der Waals surface area contributed by atoms with E-state index in [1.54, 1.807) is 6.07 Å². The van der Waals surface area contributed by atoms with E-state index in [-0.39, 0.29) is 11.2 Å². The normalized spacial score (nSPS) is 20.4. The van der Waals surface area contributed by atoms with Crippen molar-refractivity contribution in [3.63, 3.8) is 0 Å². The predicted octanol–water partition coefficient (Wildman–Crippen LogP) is 0.0569. The molecule has 2 N–H and O–H groups in total. The molecule has 0 saturated carbocycles. The zero-order valence-electron chi connectivity index (χ0n) is 8.44. The highest BCUT2D eigenvalue weighted by Crippen LogP contribution is 2.07. The highest BCUT2D eigenvalue weighted by Gasteiger charge is 2.21. The van der Waals surface area contributed by atoms with E-state index in [2.05, 4.69) is 20.6 Å². The van der Waals surface area contributed by atoms with Crippen molar-refractivity contribution in [1.29, 1.82) is 0 Å². The summed E-state index contributed by atoms with van der Waals surface area (Å²) in [6.45, 7) is 1.80. The van der Waals surface area contributed by atoms with Crippen LogP contribution in [-0.2, 0) is 9.53 Å². The number of nitrogens with one attached hydrogen (secondary N) is 2. The Morgan fingerprint density at radius 2 is 2.56 bits per heavy atom. The van der Waals surface area contributed by atoms with Gasteiger partial charge in [-0.2, -0.15) is 0 Å². The Hall–Kier alpha value is -1.24. The van der Waals surface area contributed by atoms with Gasteiger partial charge in [-0.15, -0.1) is 0 Å². The number of hydrogen-bond acceptors (Lipinski definition) is 5. The van der Waals surface area contributed by atoms with Gasteiger partial charge in [0.1, 0.15) is 11.9 Å². The van der Waals surface area contributed by atoms with Crippen molar-refractivity contribution in [2.24, 2.45) is 0 Å². The van der Waals surface area contributed by atoms with E-state index in [1.165, 1.54) is 6.20 Å². The second kappa shape index (κ2) is 5.20. The summed E-state index contributed by atoms with van der Waals surface area (Å²) in [5.74, 6) is 0.140. The minimum atomic E-state index is -0.484. The molecule has 1 aliphatic rings. The Labute approximate surface area is 97.4 Å². The summed E-state index contributed by atoms with van der Waals surface area (Å²) in [6.07, 6.45) is 0.993. The van der Waals surface area contributed by atoms with Crippen LogP contribution in [0.2, 0.25) is 5.28 Å². The smallest absolute Gasteiger partial charge is 0.255 e. The van der Waals surface area contributed by atoms with Crippen molar-refractivity contribution in [3.8, 4) is 0 Å². The number of rotatable bonds is 2. The lowest BCUT2D eigenvalue weighted by Crippen LogP contribution is -2.45. The van der Waals surface area contributed by atoms with Gasteiger partial charge in [0.25, 0.3) is 5.91 Å². The van der Waals surface area contributed by atoms with E-state index in [0.717, 1.165) is 6.54 Å². The van der Waals surface area contributed by atoms with E-state index in [9.17, 15) is 4.79 Å². The molecule has 7 heteroatoms. The molecule has 1 fully saturated rings. The van der Waals surface area contributed by atoms with Crippen molar-refractivity contribution in [2.45, 2.75) is 6.10 Å². The van der Waals surface area contributed by atoms with Gasteiger partial charge in [0.2, 0.25) is 5.28 Å². The maximum Gasteiger partial charge on any atom is 0.255 e. The Kier molecular flexibility index (Phi) is 3.66. The van der Waals surface area contributed by atoms with E-state index in [1.807, 2.05) is 0 Å². The maximum absolute atomic E-state index is 11.7. The zero-order chi connectivity index (χ0) is 11.4. The molecule has 16 heavy (non-hydrogen) atoms. The number of carbonyl (C=O) groups is 1. The lowest BCUT2D eigenvalue weighted by molar-refractivity contribution is -0.128. The maximum atomic E-state index is 11.7. The van der Waals surface area contributed by atoms with E-state index in [4.69, 9.17) is 16.3 Å². The van der Waals surface area contributed by atoms with E-state index < -0.39 is 6.10 Å². The first-order valence-corrected chi connectivity index (χ1v) is 5.25. The molecule has 86 valence electrons. The quantitative estimate of drug-likeness (QED) is 0.717. The van der Waals surface area contributed by atoms with Crippen LogP contribution in [0.25, 0.3) is 0 Å². The number of anilines is 1. The lowest BCUT2D eigenvalue weighted by Gasteiger charge is -2.22. The third-order valence-corrected chi connectivity index (χ3v) is 2.28. The fourth-order valence-electron chi connectivity index (χ4n) is 1.35. The highest BCUT2D eigenvalue weighted by atomic mass is 35.5. The average molecular weight is 243 g/mol. The number of hydrogen-bond donors (Lipinski definition) is 2. The molecule has 1 saturated heterocycles. The molecule has 1 amide bonds. The third-order valence-electron chi connectivity index (χ3n) is 2.10. The summed E-state index contributed by atoms with van der Waals surface area (Å²) in [4.78, 5) is 19.3. The predicted molar refractivity (Wildman–Crippen MR) is 58.3 cm³/mol. The Morgan fingerprint density at radius 3 is 3.25 bits per heavy atom. The Balaban J connectivity index is 1.96. The molecule has 0 radical (unpaired) electrons. The average Bonchev–Trinajstić information content (AvgIpc) is 2.30. The second-order valence-corrected chi connectivity index (χ2v) is 3.60. The fourth-order valence-corrected chi connectivity index (χ4v) is 1.49. The molecule has 2 heterocycles. The van der Waals surface area contributed by atoms with E-state index >= 15 is 0 Å². The lowest BCUT2D eigenvalue weighted by atomic mass is 10.3. The first-order valence-electron chi connectivity index (χ1n) is 4.87. The summed E-state index contributed by atoms with van der Waals surface area (Å²) >= 11 is 5.60. The summed E-state index contributed by atoms with van der Waals surface area (Å²) in [5, 5.41) is 5.78. The number of amides is 1. The molecule has 0 aromatic carbocycles. The van der Waals surface area contributed by atoms with Crippen molar-refractivity contribution in [2.75, 3.05) is 25.0 Å². The van der Waals surface area contributed by atoms with E-state index in [0.29, 0.717) is 19.0 Å². The molecule has 0 bridgehead atoms. The summed E-state index contributed by atoms with van der Waals surface area (Å²) in [7, 11) is 0. The topological polar surface area (TPSA) is 76.1 Å². The van der Waals surface area contributed by atoms with Gasteiger partial charge in [-0.25, -0.2) is 9.97 Å². The zero-order valence-corrected chi connectivity index (χ0v) is 9.20. The van der Waals surface area contributed by atoms with Crippen molar-refractivity contribution in [3.05, 3.63) is 17.5 Å². The molecule has 0 aliphatic carbocycles. The molecule has 1 aromatic rings. The van der Waals surface area contributed by atoms with Crippen molar-refractivity contribution in [1.82, 2.24) is 15.3 Å². The molecule has 6 nitrogen and oxygen atoms in total. The van der Waals surface area contributed by atoms with Crippen LogP contribution in [0.5, 0.6) is 0 Å². The van der Waals surface area contributed by atoms with Gasteiger partial charge in [0.15, 0.2) is 0 Å². The summed E-state index contributed by atoms with van der Waals surface area (Å²) < 4.78 is 5.29. The number of ether oxygens (including phenoxy) is 1. The van der Waals surface area contributed by atoms with Crippen LogP contribution in [0.3, 0.4) is 0 Å². The minimum Gasteiger partial charge on any atom is -0.366 e. The van der Waals surface area contributed by atoms with Crippen molar-refractivity contribution < 1.29 is 9.53 Å². The molecular weight excluding hydrogens is 232 g/mol. The number of carbonyl (C=O) groups excluding carboxylic acids is 1. The molecule has 2 rings (SSSR count). The van der Waals surface area contributed by atoms with Crippen LogP contribution in [0.15, 0.2) is 12.3 Å². The Morgan fingerprint density at radius 1 is 1.69 bits per heavy atom. The van der Waals surface area contributed by atoms with Crippen LogP contribution in [0.1, 0.15) is 0 Å². The highest BCUT2D eigenvalue weighted by molar-refractivity contribution is 6.28. The standard InChI is InChI=1S/C9H11ClN4O2/c10-9-12-2-1-7(14-9)13-8(15)6-5-11-3-4-16-6/h1-2,6,11H,3-5H2,(H,12,13,14,15). The largest absolute Gasteiger partial charge is 0.366 e. The number of nitrogens with zero attached hydrogens (tertiary/aromatic N) is 2. The Bertz CT molecular complexity index is 382. The van der Waals surface area contributed by atoms with Crippen LogP contribution in [-0.4, -0.2) is 41.7 Å². The fraction of sp³-hybridized carbons (Fsp3) is 0.444. The monoisotopic (exact) mass is 242 g/mol. The molecule has 1 atom stereocenters. The number of aromatic nitrogens is 2. The molecule has 1 aliphatic heterocycles. The van der Waals surface area contributed by atoms with Crippen LogP contribution in [0.4, 0.5) is 5.82 Å². The van der Waals surface area contributed by atoms with Crippen LogP contribution in [0, 0.1) is 0 Å². The van der Waals surface area contributed by atoms with Gasteiger partial charge < -0.3 is 15.4 Å². The van der Waals surface area contributed by atoms with Gasteiger partial charge in [-0.05, 0) is 17.7 Å². The minimum absolute atomic E-state index is 0.0977. The first kappa shape index (κ1) is 11.3. The summed E-state index contributed by atoms with van der Waals surface area (Å²) in [5.41, 5.74) is 0. The van der Waals surface area contributed by atoms with Crippen LogP contribution < -0.4 is 10.6 Å². The van der Waals surface area contributed by atoms with Gasteiger partial charge in [0.05, 0.1) is 6.61 Å². The second-order valence-electron chi connectivity index (χ2n) is 3.26. The summed E-state index contributed by atoms with van der Waals surface area (Å²) in [6, 6.07) is 1.57. The molecule has 1 unspecified atom stereocenters. The molecular formula is C9H11ClN4O2. The van der Waals surface area contributed by atoms with Gasteiger partial charge in [0, 0.05) is 19.3 Å². The van der Waals surface area contributed by atoms with Crippen LogP contribution >= 0.6 is 11.6 Å². The number of halogens is 1. The third kappa shape index (κ3) is 2.88. The SMILES string of the molecule is O=C(Nc1ccnc(Cl)n1)C1CNCCO1. The van der Waals surface area contributed by atoms with Gasteiger partial charge in [-0.1, -0.05) is 0 Å². The molecule has 1 aromatic heterocycles. The molecule has 0 spiro atoms. The van der Waals surface area contributed by atoms with Crippen molar-refractivity contribution >= 4 is 23.3 Å². The van der Waals surface area contributed by atoms with Gasteiger partial charge in [-0.3, -0.25) is 4.79 Å². The first-order chi connectivity index (χ1) is 7.75. The van der Waals surface area contributed by atoms with Gasteiger partial charge >= 0.3 is 0 Å². The number of morpholine rings is 1.